The number of piperidine rings is 1. The van der Waals surface area contributed by atoms with Crippen molar-refractivity contribution in [2.45, 2.75) is 58.0 Å². The van der Waals surface area contributed by atoms with E-state index in [1.165, 1.54) is 12.8 Å². The van der Waals surface area contributed by atoms with Gasteiger partial charge in [0.15, 0.2) is 0 Å². The smallest absolute Gasteiger partial charge is 0.137 e. The van der Waals surface area contributed by atoms with Gasteiger partial charge in [-0.1, -0.05) is 12.8 Å². The maximum atomic E-state index is 12.0. The van der Waals surface area contributed by atoms with Gasteiger partial charge in [0, 0.05) is 38.6 Å². The van der Waals surface area contributed by atoms with Gasteiger partial charge in [-0.2, -0.15) is 0 Å². The lowest BCUT2D eigenvalue weighted by atomic mass is 9.97. The molecule has 0 radical (unpaired) electrons. The van der Waals surface area contributed by atoms with E-state index in [0.29, 0.717) is 17.8 Å². The minimum absolute atomic E-state index is 0.316. The monoisotopic (exact) mass is 253 g/mol. The van der Waals surface area contributed by atoms with Crippen molar-refractivity contribution in [2.24, 2.45) is 5.92 Å². The van der Waals surface area contributed by atoms with Crippen molar-refractivity contribution in [3.8, 4) is 0 Å². The molecule has 2 rings (SSSR count). The number of carbonyl (C=O) groups is 1. The molecule has 0 N–H and O–H groups in total. The zero-order valence-electron chi connectivity index (χ0n) is 11.7. The Labute approximate surface area is 111 Å². The quantitative estimate of drug-likeness (QED) is 0.721. The molecule has 18 heavy (non-hydrogen) atoms. The Bertz CT molecular complexity index is 259. The first kappa shape index (κ1) is 14.0. The van der Waals surface area contributed by atoms with Crippen LogP contribution in [0, 0.1) is 5.92 Å². The van der Waals surface area contributed by atoms with Gasteiger partial charge in [0.05, 0.1) is 6.10 Å². The summed E-state index contributed by atoms with van der Waals surface area (Å²) in [5.74, 6) is 0.829. The van der Waals surface area contributed by atoms with E-state index in [1.807, 2.05) is 0 Å². The van der Waals surface area contributed by atoms with Crippen molar-refractivity contribution in [3.05, 3.63) is 0 Å². The first-order chi connectivity index (χ1) is 8.79. The normalized spacial score (nSPS) is 28.3. The Kier molecular flexibility index (Phi) is 5.64. The third-order valence-corrected chi connectivity index (χ3v) is 4.35. The average Bonchev–Trinajstić information content (AvgIpc) is 2.58. The van der Waals surface area contributed by atoms with Crippen LogP contribution < -0.4 is 0 Å². The molecule has 0 spiro atoms. The summed E-state index contributed by atoms with van der Waals surface area (Å²) >= 11 is 0. The van der Waals surface area contributed by atoms with Crippen LogP contribution in [-0.2, 0) is 9.53 Å². The van der Waals surface area contributed by atoms with Crippen LogP contribution in [0.15, 0.2) is 0 Å². The molecule has 0 aromatic heterocycles. The fourth-order valence-electron chi connectivity index (χ4n) is 3.23. The lowest BCUT2D eigenvalue weighted by Crippen LogP contribution is -2.41. The molecule has 1 aliphatic heterocycles. The van der Waals surface area contributed by atoms with Gasteiger partial charge in [-0.15, -0.1) is 0 Å². The second-order valence-electron chi connectivity index (χ2n) is 5.72. The molecule has 0 aromatic rings. The number of likely N-dealkylation sites (tertiary alicyclic amines) is 1. The highest BCUT2D eigenvalue weighted by atomic mass is 16.5. The van der Waals surface area contributed by atoms with Gasteiger partial charge in [0.2, 0.25) is 0 Å². The SMILES string of the molecule is CCOC1CCN(CC2CCCCCC2=O)CC1. The van der Waals surface area contributed by atoms with Gasteiger partial charge in [-0.3, -0.25) is 4.79 Å². The Morgan fingerprint density at radius 1 is 1.17 bits per heavy atom. The van der Waals surface area contributed by atoms with E-state index >= 15 is 0 Å². The van der Waals surface area contributed by atoms with Crippen LogP contribution in [0.3, 0.4) is 0 Å². The lowest BCUT2D eigenvalue weighted by Gasteiger charge is -2.33. The van der Waals surface area contributed by atoms with Crippen LogP contribution in [0.5, 0.6) is 0 Å². The van der Waals surface area contributed by atoms with Crippen LogP contribution in [-0.4, -0.2) is 43.0 Å². The fraction of sp³-hybridized carbons (Fsp3) is 0.933. The highest BCUT2D eigenvalue weighted by Crippen LogP contribution is 2.23. The first-order valence-corrected chi connectivity index (χ1v) is 7.66. The van der Waals surface area contributed by atoms with E-state index in [9.17, 15) is 4.79 Å². The molecular weight excluding hydrogens is 226 g/mol. The predicted octanol–water partition coefficient (Wildman–Crippen LogP) is 2.64. The zero-order valence-corrected chi connectivity index (χ0v) is 11.7. The van der Waals surface area contributed by atoms with Crippen molar-refractivity contribution in [1.82, 2.24) is 4.90 Å². The van der Waals surface area contributed by atoms with Crippen LogP contribution in [0.1, 0.15) is 51.9 Å². The Balaban J connectivity index is 1.74. The van der Waals surface area contributed by atoms with E-state index in [2.05, 4.69) is 11.8 Å². The van der Waals surface area contributed by atoms with Gasteiger partial charge in [0.25, 0.3) is 0 Å². The molecule has 1 aliphatic carbocycles. The Morgan fingerprint density at radius 3 is 2.67 bits per heavy atom. The summed E-state index contributed by atoms with van der Waals surface area (Å²) in [6.07, 6.45) is 8.26. The Morgan fingerprint density at radius 2 is 1.94 bits per heavy atom. The summed E-state index contributed by atoms with van der Waals surface area (Å²) in [4.78, 5) is 14.5. The highest BCUT2D eigenvalue weighted by Gasteiger charge is 2.26. The standard InChI is InChI=1S/C15H27NO2/c1-2-18-14-8-10-16(11-9-14)12-13-6-4-3-5-7-15(13)17/h13-14H,2-12H2,1H3. The number of Topliss-reactive ketones (excluding diaryl/α,β-unsaturated/α-hetero) is 1. The highest BCUT2D eigenvalue weighted by molar-refractivity contribution is 5.81. The summed E-state index contributed by atoms with van der Waals surface area (Å²) < 4.78 is 5.67. The molecule has 1 unspecified atom stereocenters. The zero-order chi connectivity index (χ0) is 12.8. The van der Waals surface area contributed by atoms with Crippen molar-refractivity contribution in [2.75, 3.05) is 26.2 Å². The third kappa shape index (κ3) is 4.06. The largest absolute Gasteiger partial charge is 0.378 e. The predicted molar refractivity (Wildman–Crippen MR) is 72.7 cm³/mol. The van der Waals surface area contributed by atoms with Crippen molar-refractivity contribution >= 4 is 5.78 Å². The molecular formula is C15H27NO2. The summed E-state index contributed by atoms with van der Waals surface area (Å²) in [5, 5.41) is 0. The number of carbonyl (C=O) groups excluding carboxylic acids is 1. The summed E-state index contributed by atoms with van der Waals surface area (Å²) in [5.41, 5.74) is 0. The number of ether oxygens (including phenoxy) is 1. The molecule has 0 bridgehead atoms. The van der Waals surface area contributed by atoms with Crippen molar-refractivity contribution in [1.29, 1.82) is 0 Å². The van der Waals surface area contributed by atoms with Crippen LogP contribution in [0.2, 0.25) is 0 Å². The molecule has 104 valence electrons. The molecule has 1 atom stereocenters. The van der Waals surface area contributed by atoms with Gasteiger partial charge >= 0.3 is 0 Å². The minimum Gasteiger partial charge on any atom is -0.378 e. The maximum absolute atomic E-state index is 12.0. The number of nitrogens with zero attached hydrogens (tertiary/aromatic N) is 1. The average molecular weight is 253 g/mol. The lowest BCUT2D eigenvalue weighted by molar-refractivity contribution is -0.123. The van der Waals surface area contributed by atoms with E-state index in [1.54, 1.807) is 0 Å². The molecule has 2 fully saturated rings. The van der Waals surface area contributed by atoms with Gasteiger partial charge in [-0.25, -0.2) is 0 Å². The molecule has 3 nitrogen and oxygen atoms in total. The van der Waals surface area contributed by atoms with Crippen molar-refractivity contribution < 1.29 is 9.53 Å². The molecule has 3 heteroatoms. The molecule has 1 heterocycles. The van der Waals surface area contributed by atoms with Gasteiger partial charge in [-0.05, 0) is 32.6 Å². The number of rotatable bonds is 4. The molecule has 1 saturated carbocycles. The molecule has 1 saturated heterocycles. The topological polar surface area (TPSA) is 29.5 Å². The van der Waals surface area contributed by atoms with Crippen LogP contribution >= 0.6 is 0 Å². The molecule has 0 aromatic carbocycles. The fourth-order valence-corrected chi connectivity index (χ4v) is 3.23. The van der Waals surface area contributed by atoms with E-state index in [-0.39, 0.29) is 0 Å². The second-order valence-corrected chi connectivity index (χ2v) is 5.72. The van der Waals surface area contributed by atoms with Crippen LogP contribution in [0.25, 0.3) is 0 Å². The van der Waals surface area contributed by atoms with Gasteiger partial charge < -0.3 is 9.64 Å². The first-order valence-electron chi connectivity index (χ1n) is 7.66. The summed E-state index contributed by atoms with van der Waals surface area (Å²) in [7, 11) is 0. The maximum Gasteiger partial charge on any atom is 0.137 e. The van der Waals surface area contributed by atoms with E-state index in [4.69, 9.17) is 4.74 Å². The van der Waals surface area contributed by atoms with E-state index in [0.717, 1.165) is 58.3 Å². The Hall–Kier alpha value is -0.410. The molecule has 2 aliphatic rings. The number of hydrogen-bond acceptors (Lipinski definition) is 3. The second kappa shape index (κ2) is 7.25. The summed E-state index contributed by atoms with van der Waals surface area (Å²) in [6, 6.07) is 0. The minimum atomic E-state index is 0.316. The van der Waals surface area contributed by atoms with Crippen LogP contribution in [0.4, 0.5) is 0 Å². The van der Waals surface area contributed by atoms with Gasteiger partial charge in [0.1, 0.15) is 5.78 Å². The third-order valence-electron chi connectivity index (χ3n) is 4.35. The number of ketones is 1. The molecule has 0 amide bonds. The van der Waals surface area contributed by atoms with Crippen molar-refractivity contribution in [3.63, 3.8) is 0 Å². The number of hydrogen-bond donors (Lipinski definition) is 0. The summed E-state index contributed by atoms with van der Waals surface area (Å²) in [6.45, 7) is 6.10. The van der Waals surface area contributed by atoms with E-state index < -0.39 is 0 Å².